The Hall–Kier alpha value is -6.31. The van der Waals surface area contributed by atoms with Crippen LogP contribution in [0.3, 0.4) is 0 Å². The zero-order valence-electron chi connectivity index (χ0n) is 33.1. The Morgan fingerprint density at radius 2 is 1.79 bits per heavy atom. The monoisotopic (exact) mass is 847 g/mol. The number of aromatic nitrogens is 7. The lowest BCUT2D eigenvalue weighted by molar-refractivity contribution is -0.184. The van der Waals surface area contributed by atoms with Crippen molar-refractivity contribution in [2.45, 2.75) is 57.1 Å². The van der Waals surface area contributed by atoms with Crippen LogP contribution in [0.5, 0.6) is 0 Å². The minimum Gasteiger partial charge on any atom is -0.378 e. The Morgan fingerprint density at radius 1 is 0.967 bits per heavy atom. The van der Waals surface area contributed by atoms with E-state index in [1.807, 2.05) is 11.5 Å². The zero-order valence-corrected chi connectivity index (χ0v) is 33.1. The quantitative estimate of drug-likeness (QED) is 0.223. The molecule has 2 aromatic carbocycles. The van der Waals surface area contributed by atoms with Crippen molar-refractivity contribution in [1.82, 2.24) is 44.1 Å². The van der Waals surface area contributed by atoms with Crippen LogP contribution < -0.4 is 10.2 Å². The summed E-state index contributed by atoms with van der Waals surface area (Å²) in [6.07, 6.45) is -3.58. The molecule has 1 unspecified atom stereocenters. The molecule has 4 aromatic heterocycles. The fourth-order valence-corrected chi connectivity index (χ4v) is 8.81. The molecule has 7 heterocycles. The maximum absolute atomic E-state index is 15.3. The number of halogens is 6. The van der Waals surface area contributed by atoms with E-state index in [-0.39, 0.29) is 80.9 Å². The molecule has 3 aliphatic heterocycles. The van der Waals surface area contributed by atoms with Crippen LogP contribution in [0.25, 0.3) is 39.0 Å². The molecule has 0 spiro atoms. The first kappa shape index (κ1) is 40.1. The van der Waals surface area contributed by atoms with Gasteiger partial charge in [-0.25, -0.2) is 37.8 Å². The van der Waals surface area contributed by atoms with Crippen molar-refractivity contribution in [1.29, 1.82) is 0 Å². The van der Waals surface area contributed by atoms with Crippen molar-refractivity contribution in [2.24, 2.45) is 5.92 Å². The number of imidazole rings is 1. The molecular weight excluding hydrogens is 809 g/mol. The van der Waals surface area contributed by atoms with Gasteiger partial charge in [-0.1, -0.05) is 6.07 Å². The Balaban J connectivity index is 1.14. The van der Waals surface area contributed by atoms with Gasteiger partial charge >= 0.3 is 12.1 Å². The van der Waals surface area contributed by atoms with Crippen LogP contribution in [0.15, 0.2) is 54.7 Å². The fourth-order valence-electron chi connectivity index (χ4n) is 8.81. The molecule has 318 valence electrons. The normalized spacial score (nSPS) is 21.0. The number of nitrogens with one attached hydrogen (secondary N) is 1. The van der Waals surface area contributed by atoms with Crippen LogP contribution in [0.2, 0.25) is 0 Å². The predicted octanol–water partition coefficient (Wildman–Crippen LogP) is 5.45. The van der Waals surface area contributed by atoms with Gasteiger partial charge in [0.15, 0.2) is 11.5 Å². The molecule has 4 bridgehead atoms. The smallest absolute Gasteiger partial charge is 0.378 e. The topological polar surface area (TPSA) is 139 Å². The van der Waals surface area contributed by atoms with Crippen LogP contribution >= 0.6 is 0 Å². The van der Waals surface area contributed by atoms with Crippen LogP contribution in [-0.2, 0) is 27.3 Å². The third-order valence-corrected chi connectivity index (χ3v) is 11.7. The summed E-state index contributed by atoms with van der Waals surface area (Å²) in [7, 11) is 3.21. The van der Waals surface area contributed by atoms with Crippen LogP contribution in [0, 0.1) is 30.3 Å². The number of carbonyl (C=O) groups is 2. The maximum atomic E-state index is 15.3. The van der Waals surface area contributed by atoms with Crippen LogP contribution in [-0.4, -0.2) is 121 Å². The summed E-state index contributed by atoms with van der Waals surface area (Å²) >= 11 is 0. The summed E-state index contributed by atoms with van der Waals surface area (Å²) in [5.41, 5.74) is 2.14. The molecule has 0 saturated carbocycles. The van der Waals surface area contributed by atoms with Gasteiger partial charge in [-0.2, -0.15) is 18.3 Å². The molecule has 1 N–H and O–H groups in total. The van der Waals surface area contributed by atoms with E-state index in [0.29, 0.717) is 45.4 Å². The van der Waals surface area contributed by atoms with E-state index in [9.17, 15) is 27.2 Å². The molecular formula is C41H39F6N11O3. The van der Waals surface area contributed by atoms with Gasteiger partial charge in [-0.05, 0) is 56.0 Å². The van der Waals surface area contributed by atoms with Crippen molar-refractivity contribution in [3.05, 3.63) is 83.8 Å². The van der Waals surface area contributed by atoms with Crippen molar-refractivity contribution < 1.29 is 40.7 Å². The SMILES string of the molecule is CO[C@H]1CN(C)C(=O)[C@@H]2C[C@@H](CN2c2nc(CC3CCN(C(=O)C(F)(F)F)C3)nc3c2cnn3-c2ccc(F)cc2F)Nc2cccc(n2)-c2cc(F)cc3nc(C)n(c23)C1. The number of nitrogens with zero attached hydrogens (tertiary/aromatic N) is 10. The molecule has 4 atom stereocenters. The number of methoxy groups -OCH3 is 1. The van der Waals surface area contributed by atoms with Crippen molar-refractivity contribution in [2.75, 3.05) is 50.6 Å². The molecule has 61 heavy (non-hydrogen) atoms. The molecule has 9 rings (SSSR count). The number of benzene rings is 2. The summed E-state index contributed by atoms with van der Waals surface area (Å²) < 4.78 is 93.5. The van der Waals surface area contributed by atoms with Gasteiger partial charge in [0, 0.05) is 70.5 Å². The van der Waals surface area contributed by atoms with Gasteiger partial charge in [-0.3, -0.25) is 9.59 Å². The lowest BCUT2D eigenvalue weighted by atomic mass is 10.0. The molecule has 0 radical (unpaired) electrons. The van der Waals surface area contributed by atoms with Crippen molar-refractivity contribution >= 4 is 45.5 Å². The second kappa shape index (κ2) is 15.3. The number of anilines is 2. The van der Waals surface area contributed by atoms with Crippen molar-refractivity contribution in [3.63, 3.8) is 0 Å². The summed E-state index contributed by atoms with van der Waals surface area (Å²) in [6.45, 7) is 2.14. The van der Waals surface area contributed by atoms with E-state index in [1.165, 1.54) is 29.1 Å². The van der Waals surface area contributed by atoms with E-state index in [4.69, 9.17) is 19.7 Å². The van der Waals surface area contributed by atoms with E-state index >= 15 is 8.78 Å². The highest BCUT2D eigenvalue weighted by atomic mass is 19.4. The first-order chi connectivity index (χ1) is 29.1. The number of hydrogen-bond donors (Lipinski definition) is 1. The number of amides is 2. The number of fused-ring (bicyclic) bond motifs is 6. The number of aryl methyl sites for hydroxylation is 1. The molecule has 6 aromatic rings. The minimum absolute atomic E-state index is 0.0466. The van der Waals surface area contributed by atoms with E-state index in [1.54, 1.807) is 42.2 Å². The number of carbonyl (C=O) groups excluding carboxylic acids is 2. The van der Waals surface area contributed by atoms with Gasteiger partial charge in [-0.15, -0.1) is 0 Å². The molecule has 2 saturated heterocycles. The molecule has 2 amide bonds. The first-order valence-corrected chi connectivity index (χ1v) is 19.7. The lowest BCUT2D eigenvalue weighted by Crippen LogP contribution is -2.47. The van der Waals surface area contributed by atoms with Gasteiger partial charge in [0.2, 0.25) is 5.91 Å². The average Bonchev–Trinajstić information content (AvgIpc) is 4.02. The third-order valence-electron chi connectivity index (χ3n) is 11.7. The van der Waals surface area contributed by atoms with Crippen LogP contribution in [0.4, 0.5) is 38.0 Å². The molecule has 14 nitrogen and oxygen atoms in total. The number of pyridine rings is 1. The second-order valence-corrected chi connectivity index (χ2v) is 15.8. The van der Waals surface area contributed by atoms with E-state index in [2.05, 4.69) is 15.4 Å². The summed E-state index contributed by atoms with van der Waals surface area (Å²) in [5, 5.41) is 8.21. The number of likely N-dealkylation sites (N-methyl/N-ethyl adjacent to an activating group) is 1. The Kier molecular flexibility index (Phi) is 10.1. The minimum atomic E-state index is -5.03. The number of ether oxygens (including phenoxy) is 1. The summed E-state index contributed by atoms with van der Waals surface area (Å²) in [4.78, 5) is 50.1. The Labute approximate surface area is 344 Å². The van der Waals surface area contributed by atoms with Crippen molar-refractivity contribution in [3.8, 4) is 16.9 Å². The van der Waals surface area contributed by atoms with Gasteiger partial charge < -0.3 is 29.3 Å². The van der Waals surface area contributed by atoms with Crippen LogP contribution in [0.1, 0.15) is 24.5 Å². The standard InChI is InChI=1S/C41H39F6N11O3/c1-21-49-31-14-24(43)12-27-30-5-4-6-34(51-30)50-25-15-33(39(59)54(2)19-26(61-3)20-56(21)36(27)31)57(18-25)37-28-16-48-58(32-8-7-23(42)13-29(32)44)38(28)53-35(52-37)11-22-9-10-55(17-22)40(60)41(45,46)47/h4-8,12-14,16,22,25-26,33H,9-11,15,17-20H2,1-3H3,(H,50,51)/t22?,25-,26-,33-/m0/s1. The van der Waals surface area contributed by atoms with Gasteiger partial charge in [0.1, 0.15) is 46.6 Å². The van der Waals surface area contributed by atoms with Gasteiger partial charge in [0.05, 0.1) is 41.0 Å². The predicted molar refractivity (Wildman–Crippen MR) is 210 cm³/mol. The number of hydrogen-bond acceptors (Lipinski definition) is 10. The third kappa shape index (κ3) is 7.46. The average molecular weight is 848 g/mol. The second-order valence-electron chi connectivity index (χ2n) is 15.8. The highest BCUT2D eigenvalue weighted by Gasteiger charge is 2.45. The summed E-state index contributed by atoms with van der Waals surface area (Å²) in [6, 6.07) is 9.86. The highest BCUT2D eigenvalue weighted by molar-refractivity contribution is 5.94. The number of likely N-dealkylation sites (tertiary alicyclic amines) is 1. The Morgan fingerprint density at radius 3 is 2.56 bits per heavy atom. The Bertz CT molecular complexity index is 2700. The molecule has 20 heteroatoms. The fraction of sp³-hybridized carbons (Fsp3) is 0.390. The number of rotatable bonds is 5. The highest BCUT2D eigenvalue weighted by Crippen LogP contribution is 2.36. The largest absolute Gasteiger partial charge is 0.471 e. The first-order valence-electron chi connectivity index (χ1n) is 19.7. The number of alkyl halides is 3. The molecule has 3 aliphatic rings. The maximum Gasteiger partial charge on any atom is 0.471 e. The van der Waals surface area contributed by atoms with E-state index in [0.717, 1.165) is 11.0 Å². The van der Waals surface area contributed by atoms with Gasteiger partial charge in [0.25, 0.3) is 0 Å². The van der Waals surface area contributed by atoms with E-state index < -0.39 is 53.6 Å². The zero-order chi connectivity index (χ0) is 42.9. The summed E-state index contributed by atoms with van der Waals surface area (Å²) in [5.74, 6) is -3.36. The molecule has 0 aliphatic carbocycles. The molecule has 2 fully saturated rings. The lowest BCUT2D eigenvalue weighted by Gasteiger charge is -2.31.